The van der Waals surface area contributed by atoms with Crippen molar-refractivity contribution in [3.63, 3.8) is 0 Å². The van der Waals surface area contributed by atoms with E-state index in [2.05, 4.69) is 0 Å². The Morgan fingerprint density at radius 1 is 1.45 bits per heavy atom. The van der Waals surface area contributed by atoms with E-state index in [0.29, 0.717) is 0 Å². The summed E-state index contributed by atoms with van der Waals surface area (Å²) in [5.74, 6) is 0. The smallest absolute Gasteiger partial charge is 0.679 e. The maximum Gasteiger partial charge on any atom is 2.00 e. The molecular formula is C3H10N2O4SZn. The molecule has 0 spiro atoms. The summed E-state index contributed by atoms with van der Waals surface area (Å²) in [5.41, 5.74) is 13.1. The van der Waals surface area contributed by atoms with Crippen molar-refractivity contribution in [3.8, 4) is 0 Å². The second kappa shape index (κ2) is 8.51. The second-order valence-electron chi connectivity index (χ2n) is 1.55. The van der Waals surface area contributed by atoms with Crippen LogP contribution in [0.15, 0.2) is 0 Å². The van der Waals surface area contributed by atoms with Crippen molar-refractivity contribution in [1.82, 2.24) is 0 Å². The topological polar surface area (TPSA) is 122 Å². The van der Waals surface area contributed by atoms with Crippen molar-refractivity contribution in [2.75, 3.05) is 6.54 Å². The summed E-state index contributed by atoms with van der Waals surface area (Å²) in [6.45, 7) is 1.92. The average Bonchev–Trinajstić information content (AvgIpc) is 1.61. The van der Waals surface area contributed by atoms with Gasteiger partial charge in [-0.3, -0.25) is 9.11 Å². The molecule has 0 bridgehead atoms. The first-order valence-electron chi connectivity index (χ1n) is 2.33. The molecule has 0 heterocycles. The summed E-state index contributed by atoms with van der Waals surface area (Å²) in [4.78, 5) is 0. The molecule has 0 aliphatic carbocycles. The van der Waals surface area contributed by atoms with E-state index in [-0.39, 0.29) is 32.1 Å². The van der Waals surface area contributed by atoms with Crippen LogP contribution in [0.2, 0.25) is 0 Å². The maximum atomic E-state index is 8.74. The van der Waals surface area contributed by atoms with Gasteiger partial charge in [-0.1, -0.05) is 6.92 Å². The van der Waals surface area contributed by atoms with Crippen LogP contribution in [0.3, 0.4) is 0 Å². The second-order valence-corrected chi connectivity index (χ2v) is 2.45. The first-order chi connectivity index (χ1) is 4.27. The van der Waals surface area contributed by atoms with E-state index in [1.165, 1.54) is 0 Å². The summed E-state index contributed by atoms with van der Waals surface area (Å²) in [5, 5.41) is 0. The zero-order valence-corrected chi connectivity index (χ0v) is 9.89. The Hall–Kier alpha value is 0.413. The third-order valence-corrected chi connectivity index (χ3v) is 0.306. The zero-order valence-electron chi connectivity index (χ0n) is 6.11. The standard InChI is InChI=1S/C3H8N2.H2O4S.Zn/c1-3(5)2-4;1-5(2,3)4;/h3-5H,2H2,1H3;(H2,1,2,3,4);/q-2;;+2. The summed E-state index contributed by atoms with van der Waals surface area (Å²) < 4.78 is 31.6. The van der Waals surface area contributed by atoms with Crippen LogP contribution in [-0.4, -0.2) is 30.1 Å². The van der Waals surface area contributed by atoms with E-state index in [1.807, 2.05) is 0 Å². The van der Waals surface area contributed by atoms with Crippen molar-refractivity contribution in [3.05, 3.63) is 11.5 Å². The van der Waals surface area contributed by atoms with Crippen molar-refractivity contribution < 1.29 is 37.0 Å². The molecule has 0 aromatic carbocycles. The van der Waals surface area contributed by atoms with Crippen molar-refractivity contribution in [2.45, 2.75) is 13.0 Å². The number of hydrogen-bond acceptors (Lipinski definition) is 2. The summed E-state index contributed by atoms with van der Waals surface area (Å²) >= 11 is 0. The largest absolute Gasteiger partial charge is 2.00 e. The fraction of sp³-hybridized carbons (Fsp3) is 1.00. The maximum absolute atomic E-state index is 8.74. The summed E-state index contributed by atoms with van der Waals surface area (Å²) in [6.07, 6.45) is 0. The molecule has 0 aliphatic rings. The van der Waals surface area contributed by atoms with Gasteiger partial charge in [0.1, 0.15) is 0 Å². The van der Waals surface area contributed by atoms with Gasteiger partial charge in [0.2, 0.25) is 0 Å². The molecule has 0 saturated heterocycles. The van der Waals surface area contributed by atoms with E-state index in [0.717, 1.165) is 0 Å². The Kier molecular flexibility index (Phi) is 13.5. The van der Waals surface area contributed by atoms with Crippen LogP contribution in [0.1, 0.15) is 6.92 Å². The normalized spacial score (nSPS) is 12.1. The van der Waals surface area contributed by atoms with E-state index in [1.54, 1.807) is 6.92 Å². The number of nitrogens with one attached hydrogen (secondary N) is 2. The van der Waals surface area contributed by atoms with Gasteiger partial charge in [0, 0.05) is 0 Å². The molecule has 8 heteroatoms. The van der Waals surface area contributed by atoms with E-state index in [4.69, 9.17) is 29.0 Å². The first kappa shape index (κ1) is 17.5. The third-order valence-electron chi connectivity index (χ3n) is 0.306. The molecule has 1 atom stereocenters. The molecule has 0 saturated carbocycles. The molecular weight excluding hydrogens is 226 g/mol. The van der Waals surface area contributed by atoms with E-state index >= 15 is 0 Å². The van der Waals surface area contributed by atoms with Crippen LogP contribution in [0.5, 0.6) is 0 Å². The van der Waals surface area contributed by atoms with Gasteiger partial charge in [-0.2, -0.15) is 21.0 Å². The fourth-order valence-corrected chi connectivity index (χ4v) is 0. The number of rotatable bonds is 1. The molecule has 1 unspecified atom stereocenters. The number of hydrogen-bond donors (Lipinski definition) is 2. The van der Waals surface area contributed by atoms with Crippen molar-refractivity contribution in [2.24, 2.45) is 0 Å². The van der Waals surface area contributed by atoms with Gasteiger partial charge < -0.3 is 11.5 Å². The van der Waals surface area contributed by atoms with Crippen molar-refractivity contribution in [1.29, 1.82) is 0 Å². The van der Waals surface area contributed by atoms with Crippen LogP contribution >= 0.6 is 0 Å². The molecule has 0 aromatic rings. The van der Waals surface area contributed by atoms with Crippen LogP contribution in [0.25, 0.3) is 11.5 Å². The molecule has 0 amide bonds. The molecule has 0 radical (unpaired) electrons. The molecule has 0 rings (SSSR count). The third kappa shape index (κ3) is 127. The van der Waals surface area contributed by atoms with Gasteiger partial charge in [0.25, 0.3) is 0 Å². The molecule has 6 nitrogen and oxygen atoms in total. The van der Waals surface area contributed by atoms with Gasteiger partial charge in [-0.15, -0.1) is 0 Å². The Bertz CT molecular complexity index is 149. The van der Waals surface area contributed by atoms with E-state index < -0.39 is 10.4 Å². The molecule has 64 valence electrons. The average molecular weight is 236 g/mol. The first-order valence-corrected chi connectivity index (χ1v) is 3.72. The Labute approximate surface area is 78.7 Å². The fourth-order valence-electron chi connectivity index (χ4n) is 0. The van der Waals surface area contributed by atoms with Gasteiger partial charge in [0.05, 0.1) is 0 Å². The van der Waals surface area contributed by atoms with Gasteiger partial charge in [-0.25, -0.2) is 0 Å². The molecule has 0 fully saturated rings. The molecule has 0 aromatic heterocycles. The predicted octanol–water partition coefficient (Wildman–Crippen LogP) is 0.824. The minimum Gasteiger partial charge on any atom is -0.679 e. The molecule has 11 heavy (non-hydrogen) atoms. The monoisotopic (exact) mass is 234 g/mol. The minimum absolute atomic E-state index is 0. The molecule has 0 aliphatic heterocycles. The van der Waals surface area contributed by atoms with Gasteiger partial charge in [0.15, 0.2) is 0 Å². The Balaban J connectivity index is -0.000000107. The van der Waals surface area contributed by atoms with E-state index in [9.17, 15) is 0 Å². The molecule has 4 N–H and O–H groups in total. The summed E-state index contributed by atoms with van der Waals surface area (Å²) in [6, 6.07) is -0.199. The van der Waals surface area contributed by atoms with Crippen LogP contribution in [0, 0.1) is 0 Å². The Morgan fingerprint density at radius 3 is 1.55 bits per heavy atom. The van der Waals surface area contributed by atoms with Crippen LogP contribution in [0.4, 0.5) is 0 Å². The van der Waals surface area contributed by atoms with Crippen LogP contribution < -0.4 is 0 Å². The van der Waals surface area contributed by atoms with Crippen LogP contribution in [-0.2, 0) is 29.9 Å². The van der Waals surface area contributed by atoms with Gasteiger partial charge in [-0.05, 0) is 0 Å². The van der Waals surface area contributed by atoms with Crippen molar-refractivity contribution >= 4 is 10.4 Å². The minimum atomic E-state index is -4.67. The summed E-state index contributed by atoms with van der Waals surface area (Å²) in [7, 11) is -4.67. The quantitative estimate of drug-likeness (QED) is 0.516. The SMILES string of the molecule is CC([NH-])C[NH-].O=S(=O)(O)O.[Zn+2]. The predicted molar refractivity (Wildman–Crippen MR) is 37.1 cm³/mol. The Morgan fingerprint density at radius 2 is 1.55 bits per heavy atom. The zero-order chi connectivity index (χ0) is 8.78. The van der Waals surface area contributed by atoms with Gasteiger partial charge >= 0.3 is 29.9 Å².